The number of piperidine rings is 1. The number of halogens is 2. The Bertz CT molecular complexity index is 1060. The summed E-state index contributed by atoms with van der Waals surface area (Å²) >= 11 is 13.6. The molecule has 1 saturated heterocycles. The van der Waals surface area contributed by atoms with Crippen LogP contribution in [0, 0.1) is 10.8 Å². The molecule has 0 radical (unpaired) electrons. The zero-order valence-corrected chi connectivity index (χ0v) is 18.9. The summed E-state index contributed by atoms with van der Waals surface area (Å²) in [5, 5.41) is 21.3. The van der Waals surface area contributed by atoms with Crippen LogP contribution in [0.2, 0.25) is 10.0 Å². The van der Waals surface area contributed by atoms with Crippen LogP contribution in [0.5, 0.6) is 0 Å². The number of pyridine rings is 1. The van der Waals surface area contributed by atoms with Gasteiger partial charge < -0.3 is 15.6 Å². The lowest BCUT2D eigenvalue weighted by Crippen LogP contribution is -2.39. The highest BCUT2D eigenvalue weighted by Crippen LogP contribution is 2.44. The fourth-order valence-corrected chi connectivity index (χ4v) is 5.13. The first-order chi connectivity index (χ1) is 14.3. The molecule has 156 valence electrons. The summed E-state index contributed by atoms with van der Waals surface area (Å²) in [6.07, 6.45) is 4.96. The Morgan fingerprint density at radius 3 is 2.60 bits per heavy atom. The van der Waals surface area contributed by atoms with Gasteiger partial charge in [-0.05, 0) is 38.3 Å². The van der Waals surface area contributed by atoms with Gasteiger partial charge >= 0.3 is 0 Å². The molecule has 3 N–H and O–H groups in total. The zero-order valence-electron chi connectivity index (χ0n) is 16.6. The minimum atomic E-state index is 0.250. The zero-order chi connectivity index (χ0) is 21.4. The molecule has 4 rings (SSSR count). The van der Waals surface area contributed by atoms with E-state index < -0.39 is 0 Å². The lowest BCUT2D eigenvalue weighted by molar-refractivity contribution is 0.521. The number of rotatable bonds is 4. The lowest BCUT2D eigenvalue weighted by atomic mass is 10.0. The summed E-state index contributed by atoms with van der Waals surface area (Å²) in [5.74, 6) is 1.51. The molecule has 0 spiro atoms. The van der Waals surface area contributed by atoms with Crippen LogP contribution in [0.1, 0.15) is 32.4 Å². The van der Waals surface area contributed by atoms with Crippen LogP contribution >= 0.6 is 35.0 Å². The Balaban J connectivity index is 1.49. The van der Waals surface area contributed by atoms with Crippen LogP contribution in [0.4, 0.5) is 11.6 Å². The maximum atomic E-state index is 8.37. The van der Waals surface area contributed by atoms with Gasteiger partial charge in [0, 0.05) is 36.6 Å². The van der Waals surface area contributed by atoms with E-state index in [0.29, 0.717) is 20.8 Å². The Labute approximate surface area is 189 Å². The highest BCUT2D eigenvalue weighted by Gasteiger charge is 2.31. The number of fused-ring (bicyclic) bond motifs is 1. The van der Waals surface area contributed by atoms with Crippen molar-refractivity contribution in [2.24, 2.45) is 0 Å². The first-order valence-electron chi connectivity index (χ1n) is 9.56. The molecule has 0 bridgehead atoms. The summed E-state index contributed by atoms with van der Waals surface area (Å²) < 4.78 is 0. The Hall–Kier alpha value is -2.16. The van der Waals surface area contributed by atoms with Crippen LogP contribution in [-0.2, 0) is 0 Å². The molecule has 0 aliphatic carbocycles. The molecule has 0 saturated carbocycles. The second-order valence-corrected chi connectivity index (χ2v) is 9.19. The van der Waals surface area contributed by atoms with Gasteiger partial charge in [0.15, 0.2) is 0 Å². The van der Waals surface area contributed by atoms with E-state index in [-0.39, 0.29) is 6.04 Å². The average Bonchev–Trinajstić information content (AvgIpc) is 3.05. The Morgan fingerprint density at radius 2 is 1.93 bits per heavy atom. The maximum absolute atomic E-state index is 8.37. The van der Waals surface area contributed by atoms with Crippen LogP contribution in [-0.4, -0.2) is 44.8 Å². The van der Waals surface area contributed by atoms with Gasteiger partial charge in [0.2, 0.25) is 0 Å². The van der Waals surface area contributed by atoms with E-state index in [0.717, 1.165) is 59.3 Å². The number of hydrogen-bond donors (Lipinski definition) is 3. The van der Waals surface area contributed by atoms with Gasteiger partial charge in [-0.1, -0.05) is 35.0 Å². The molecular formula is C20H21Cl2N7S. The number of thioether (sulfide) groups is 1. The van der Waals surface area contributed by atoms with E-state index in [9.17, 15) is 0 Å². The highest BCUT2D eigenvalue weighted by atomic mass is 35.5. The maximum Gasteiger partial charge on any atom is 0.147 e. The topological polar surface area (TPSA) is 102 Å². The fraction of sp³-hybridized carbons (Fsp3) is 0.350. The van der Waals surface area contributed by atoms with Crippen molar-refractivity contribution in [3.05, 3.63) is 39.9 Å². The molecule has 30 heavy (non-hydrogen) atoms. The molecule has 4 heterocycles. The number of hydrogen-bond acceptors (Lipinski definition) is 8. The molecular weight excluding hydrogens is 441 g/mol. The molecule has 7 nitrogen and oxygen atoms in total. The van der Waals surface area contributed by atoms with Gasteiger partial charge in [0.1, 0.15) is 23.0 Å². The van der Waals surface area contributed by atoms with Crippen molar-refractivity contribution in [3.63, 3.8) is 0 Å². The lowest BCUT2D eigenvalue weighted by Gasteiger charge is -2.34. The van der Waals surface area contributed by atoms with E-state index in [4.69, 9.17) is 34.0 Å². The van der Waals surface area contributed by atoms with E-state index >= 15 is 0 Å². The van der Waals surface area contributed by atoms with Gasteiger partial charge in [-0.2, -0.15) is 0 Å². The second-order valence-electron chi connectivity index (χ2n) is 7.32. The van der Waals surface area contributed by atoms with Crippen LogP contribution in [0.3, 0.4) is 0 Å². The summed E-state index contributed by atoms with van der Waals surface area (Å²) in [7, 11) is 0. The second kappa shape index (κ2) is 8.53. The molecule has 2 aliphatic rings. The molecule has 2 aromatic heterocycles. The van der Waals surface area contributed by atoms with E-state index in [1.54, 1.807) is 19.2 Å². The van der Waals surface area contributed by atoms with Crippen molar-refractivity contribution >= 4 is 62.9 Å². The fourth-order valence-electron chi connectivity index (χ4n) is 3.62. The molecule has 2 aliphatic heterocycles. The van der Waals surface area contributed by atoms with Crippen molar-refractivity contribution in [1.82, 2.24) is 15.0 Å². The van der Waals surface area contributed by atoms with E-state index in [1.165, 1.54) is 18.1 Å². The average molecular weight is 462 g/mol. The minimum absolute atomic E-state index is 0.250. The van der Waals surface area contributed by atoms with Crippen LogP contribution in [0.25, 0.3) is 5.57 Å². The van der Waals surface area contributed by atoms with Crippen molar-refractivity contribution in [2.45, 2.75) is 37.6 Å². The number of nitrogens with zero attached hydrogens (tertiary/aromatic N) is 4. The largest absolute Gasteiger partial charge is 0.366 e. The third kappa shape index (κ3) is 4.04. The summed E-state index contributed by atoms with van der Waals surface area (Å²) in [5.41, 5.74) is 2.68. The number of aromatic nitrogens is 3. The Morgan fingerprint density at radius 1 is 1.20 bits per heavy atom. The smallest absolute Gasteiger partial charge is 0.147 e. The van der Waals surface area contributed by atoms with Crippen molar-refractivity contribution in [1.29, 1.82) is 10.8 Å². The van der Waals surface area contributed by atoms with Gasteiger partial charge in [-0.15, -0.1) is 0 Å². The predicted molar refractivity (Wildman–Crippen MR) is 125 cm³/mol. The third-order valence-corrected chi connectivity index (χ3v) is 6.82. The molecule has 10 heteroatoms. The SMILES string of the molecule is CC(=N)/C(C)=C1\C(=N)Sc2c(NC3CCN(c4ncc(Cl)cc4Cl)CC3)ncnc21. The summed E-state index contributed by atoms with van der Waals surface area (Å²) in [4.78, 5) is 16.3. The van der Waals surface area contributed by atoms with E-state index in [1.807, 2.05) is 6.92 Å². The highest BCUT2D eigenvalue weighted by molar-refractivity contribution is 8.15. The molecule has 0 amide bonds. The normalized spacial score (nSPS) is 18.4. The van der Waals surface area contributed by atoms with Crippen molar-refractivity contribution in [3.8, 4) is 0 Å². The molecule has 0 aromatic carbocycles. The first-order valence-corrected chi connectivity index (χ1v) is 11.1. The molecule has 1 fully saturated rings. The molecule has 2 aromatic rings. The third-order valence-electron chi connectivity index (χ3n) is 5.33. The number of allylic oxidation sites excluding steroid dienone is 1. The number of anilines is 2. The monoisotopic (exact) mass is 461 g/mol. The standard InChI is InChI=1S/C20H21Cl2N7S/c1-10(11(2)23)15-16-17(30-18(15)24)19(27-9-26-16)28-13-3-5-29(6-4-13)20-14(22)7-12(21)8-25-20/h7-9,13,23-24H,3-6H2,1-2H3,(H,26,27,28)/b15-10-,23-11?,24-18?. The number of nitrogens with one attached hydrogen (secondary N) is 3. The first kappa shape index (κ1) is 21.1. The summed E-state index contributed by atoms with van der Waals surface area (Å²) in [6, 6.07) is 1.97. The minimum Gasteiger partial charge on any atom is -0.366 e. The summed E-state index contributed by atoms with van der Waals surface area (Å²) in [6.45, 7) is 5.23. The van der Waals surface area contributed by atoms with Crippen molar-refractivity contribution in [2.75, 3.05) is 23.3 Å². The predicted octanol–water partition coefficient (Wildman–Crippen LogP) is 5.16. The van der Waals surface area contributed by atoms with Crippen LogP contribution < -0.4 is 10.2 Å². The molecule has 0 unspecified atom stereocenters. The van der Waals surface area contributed by atoms with E-state index in [2.05, 4.69) is 25.2 Å². The Kier molecular flexibility index (Phi) is 5.99. The van der Waals surface area contributed by atoms with Crippen LogP contribution in [0.15, 0.2) is 29.1 Å². The molecule has 0 atom stereocenters. The van der Waals surface area contributed by atoms with Crippen molar-refractivity contribution < 1.29 is 0 Å². The van der Waals surface area contributed by atoms with Gasteiger partial charge in [-0.3, -0.25) is 5.41 Å². The van der Waals surface area contributed by atoms with Gasteiger partial charge in [0.25, 0.3) is 0 Å². The quantitative estimate of drug-likeness (QED) is 0.543. The van der Waals surface area contributed by atoms with Gasteiger partial charge in [0.05, 0.1) is 20.6 Å². The van der Waals surface area contributed by atoms with Gasteiger partial charge in [-0.25, -0.2) is 15.0 Å².